The number of aryl methyl sites for hydroxylation is 2. The zero-order valence-electron chi connectivity index (χ0n) is 11.2. The molecule has 0 bridgehead atoms. The summed E-state index contributed by atoms with van der Waals surface area (Å²) in [6.45, 7) is 9.41. The average Bonchev–Trinajstić information content (AvgIpc) is 2.66. The van der Waals surface area contributed by atoms with E-state index in [0.29, 0.717) is 0 Å². The molecule has 98 valence electrons. The van der Waals surface area contributed by atoms with Crippen molar-refractivity contribution in [1.82, 2.24) is 15.3 Å². The van der Waals surface area contributed by atoms with Gasteiger partial charge in [0.05, 0.1) is 5.39 Å². The van der Waals surface area contributed by atoms with Gasteiger partial charge in [0, 0.05) is 11.4 Å². The van der Waals surface area contributed by atoms with Crippen LogP contribution in [-0.4, -0.2) is 29.6 Å². The second-order valence-corrected chi connectivity index (χ2v) is 5.52. The second-order valence-electron chi connectivity index (χ2n) is 4.32. The van der Waals surface area contributed by atoms with Crippen LogP contribution in [0.4, 0.5) is 5.82 Å². The minimum absolute atomic E-state index is 0.938. The number of fused-ring (bicyclic) bond motifs is 1. The number of thiophene rings is 1. The summed E-state index contributed by atoms with van der Waals surface area (Å²) in [6, 6.07) is 0. The van der Waals surface area contributed by atoms with Crippen LogP contribution < -0.4 is 10.6 Å². The van der Waals surface area contributed by atoms with Gasteiger partial charge in [-0.2, -0.15) is 0 Å². The number of aromatic nitrogens is 2. The quantitative estimate of drug-likeness (QED) is 0.788. The van der Waals surface area contributed by atoms with E-state index >= 15 is 0 Å². The van der Waals surface area contributed by atoms with Gasteiger partial charge in [0.25, 0.3) is 0 Å². The summed E-state index contributed by atoms with van der Waals surface area (Å²) in [5.41, 5.74) is 1.30. The van der Waals surface area contributed by atoms with E-state index in [-0.39, 0.29) is 0 Å². The van der Waals surface area contributed by atoms with E-state index in [2.05, 4.69) is 41.4 Å². The Morgan fingerprint density at radius 3 is 2.83 bits per heavy atom. The van der Waals surface area contributed by atoms with Crippen LogP contribution in [0.1, 0.15) is 23.8 Å². The van der Waals surface area contributed by atoms with E-state index in [1.54, 1.807) is 17.7 Å². The monoisotopic (exact) mass is 264 g/mol. The summed E-state index contributed by atoms with van der Waals surface area (Å²) >= 11 is 1.74. The molecule has 2 heterocycles. The number of nitrogens with zero attached hydrogens (tertiary/aromatic N) is 2. The molecule has 0 atom stereocenters. The number of anilines is 1. The van der Waals surface area contributed by atoms with Crippen molar-refractivity contribution in [3.8, 4) is 0 Å². The Morgan fingerprint density at radius 2 is 2.06 bits per heavy atom. The van der Waals surface area contributed by atoms with Gasteiger partial charge in [-0.05, 0) is 38.9 Å². The molecule has 0 amide bonds. The van der Waals surface area contributed by atoms with Gasteiger partial charge in [-0.1, -0.05) is 6.92 Å². The van der Waals surface area contributed by atoms with Crippen molar-refractivity contribution in [2.24, 2.45) is 0 Å². The van der Waals surface area contributed by atoms with Crippen LogP contribution in [0.15, 0.2) is 6.33 Å². The first-order valence-corrected chi connectivity index (χ1v) is 7.21. The summed E-state index contributed by atoms with van der Waals surface area (Å²) in [6.07, 6.45) is 2.74. The van der Waals surface area contributed by atoms with Crippen LogP contribution >= 0.6 is 11.3 Å². The number of rotatable bonds is 6. The average molecular weight is 264 g/mol. The molecule has 0 saturated heterocycles. The van der Waals surface area contributed by atoms with Crippen LogP contribution in [0.5, 0.6) is 0 Å². The highest BCUT2D eigenvalue weighted by atomic mass is 32.1. The molecule has 2 aromatic heterocycles. The predicted molar refractivity (Wildman–Crippen MR) is 78.5 cm³/mol. The third kappa shape index (κ3) is 2.79. The molecule has 5 heteroatoms. The molecule has 2 rings (SSSR count). The lowest BCUT2D eigenvalue weighted by molar-refractivity contribution is 0.688. The first kappa shape index (κ1) is 13.2. The molecule has 0 spiro atoms. The number of hydrogen-bond donors (Lipinski definition) is 2. The van der Waals surface area contributed by atoms with E-state index in [1.165, 1.54) is 15.8 Å². The summed E-state index contributed by atoms with van der Waals surface area (Å²) in [7, 11) is 0. The molecule has 0 aliphatic heterocycles. The number of nitrogens with one attached hydrogen (secondary N) is 2. The van der Waals surface area contributed by atoms with E-state index in [0.717, 1.165) is 36.7 Å². The van der Waals surface area contributed by atoms with E-state index in [9.17, 15) is 0 Å². The maximum Gasteiger partial charge on any atom is 0.138 e. The van der Waals surface area contributed by atoms with Gasteiger partial charge in [0.2, 0.25) is 0 Å². The van der Waals surface area contributed by atoms with Gasteiger partial charge in [-0.3, -0.25) is 0 Å². The number of hydrogen-bond acceptors (Lipinski definition) is 5. The lowest BCUT2D eigenvalue weighted by Gasteiger charge is -2.07. The minimum atomic E-state index is 0.938. The van der Waals surface area contributed by atoms with Crippen molar-refractivity contribution in [1.29, 1.82) is 0 Å². The van der Waals surface area contributed by atoms with E-state index in [1.807, 2.05) is 0 Å². The zero-order valence-corrected chi connectivity index (χ0v) is 12.0. The maximum absolute atomic E-state index is 4.36. The Morgan fingerprint density at radius 1 is 1.22 bits per heavy atom. The SMILES string of the molecule is CCNCCCNc1ncnc2sc(C)c(C)c12. The third-order valence-electron chi connectivity index (χ3n) is 3.04. The molecule has 18 heavy (non-hydrogen) atoms. The van der Waals surface area contributed by atoms with Crippen LogP contribution in [0.3, 0.4) is 0 Å². The lowest BCUT2D eigenvalue weighted by atomic mass is 10.2. The molecule has 0 aromatic carbocycles. The van der Waals surface area contributed by atoms with Crippen LogP contribution in [0.25, 0.3) is 10.2 Å². The highest BCUT2D eigenvalue weighted by molar-refractivity contribution is 7.18. The van der Waals surface area contributed by atoms with Gasteiger partial charge in [-0.15, -0.1) is 11.3 Å². The minimum Gasteiger partial charge on any atom is -0.369 e. The summed E-state index contributed by atoms with van der Waals surface area (Å²) in [4.78, 5) is 11.1. The van der Waals surface area contributed by atoms with Crippen LogP contribution in [0.2, 0.25) is 0 Å². The van der Waals surface area contributed by atoms with Gasteiger partial charge < -0.3 is 10.6 Å². The van der Waals surface area contributed by atoms with Crippen molar-refractivity contribution in [2.45, 2.75) is 27.2 Å². The fraction of sp³-hybridized carbons (Fsp3) is 0.538. The van der Waals surface area contributed by atoms with Crippen molar-refractivity contribution >= 4 is 27.4 Å². The molecule has 0 aliphatic rings. The molecule has 2 aromatic rings. The molecule has 0 unspecified atom stereocenters. The van der Waals surface area contributed by atoms with Gasteiger partial charge in [-0.25, -0.2) is 9.97 Å². The molecule has 0 aliphatic carbocycles. The largest absolute Gasteiger partial charge is 0.369 e. The standard InChI is InChI=1S/C13H20N4S/c1-4-14-6-5-7-15-12-11-9(2)10(3)18-13(11)17-8-16-12/h8,14H,4-7H2,1-3H3,(H,15,16,17). The first-order chi connectivity index (χ1) is 8.74. The Hall–Kier alpha value is -1.20. The zero-order chi connectivity index (χ0) is 13.0. The van der Waals surface area contributed by atoms with Gasteiger partial charge >= 0.3 is 0 Å². The molecule has 4 nitrogen and oxygen atoms in total. The molecule has 0 saturated carbocycles. The van der Waals surface area contributed by atoms with Crippen molar-refractivity contribution in [3.63, 3.8) is 0 Å². The highest BCUT2D eigenvalue weighted by Crippen LogP contribution is 2.32. The molecule has 0 fully saturated rings. The summed E-state index contributed by atoms with van der Waals surface area (Å²) in [5.74, 6) is 0.971. The molecular weight excluding hydrogens is 244 g/mol. The Balaban J connectivity index is 2.08. The van der Waals surface area contributed by atoms with E-state index < -0.39 is 0 Å². The Kier molecular flexibility index (Phi) is 4.49. The van der Waals surface area contributed by atoms with Crippen LogP contribution in [-0.2, 0) is 0 Å². The highest BCUT2D eigenvalue weighted by Gasteiger charge is 2.11. The summed E-state index contributed by atoms with van der Waals surface area (Å²) in [5, 5.41) is 7.92. The topological polar surface area (TPSA) is 49.8 Å². The smallest absolute Gasteiger partial charge is 0.138 e. The molecular formula is C13H20N4S. The van der Waals surface area contributed by atoms with Gasteiger partial charge in [0.15, 0.2) is 0 Å². The summed E-state index contributed by atoms with van der Waals surface area (Å²) < 4.78 is 0. The van der Waals surface area contributed by atoms with Crippen molar-refractivity contribution < 1.29 is 0 Å². The fourth-order valence-corrected chi connectivity index (χ4v) is 2.91. The molecule has 0 radical (unpaired) electrons. The van der Waals surface area contributed by atoms with Crippen molar-refractivity contribution in [2.75, 3.05) is 25.0 Å². The Labute approximate surface area is 112 Å². The van der Waals surface area contributed by atoms with Gasteiger partial charge in [0.1, 0.15) is 17.0 Å². The maximum atomic E-state index is 4.36. The molecule has 2 N–H and O–H groups in total. The Bertz CT molecular complexity index is 521. The third-order valence-corrected chi connectivity index (χ3v) is 4.15. The normalized spacial score (nSPS) is 11.1. The predicted octanol–water partition coefficient (Wildman–Crippen LogP) is 2.72. The van der Waals surface area contributed by atoms with Crippen LogP contribution in [0, 0.1) is 13.8 Å². The second kappa shape index (κ2) is 6.11. The van der Waals surface area contributed by atoms with E-state index in [4.69, 9.17) is 0 Å². The fourth-order valence-electron chi connectivity index (χ4n) is 1.91. The first-order valence-electron chi connectivity index (χ1n) is 6.39. The lowest BCUT2D eigenvalue weighted by Crippen LogP contribution is -2.17. The van der Waals surface area contributed by atoms with Crippen molar-refractivity contribution in [3.05, 3.63) is 16.8 Å².